The molecule has 4 heteroatoms. The largest absolute Gasteiger partial charge is 0.384 e. The Morgan fingerprint density at radius 3 is 2.69 bits per heavy atom. The van der Waals surface area contributed by atoms with E-state index >= 15 is 0 Å². The Hall–Kier alpha value is -0.350. The molecule has 1 heterocycles. The van der Waals surface area contributed by atoms with E-state index in [2.05, 4.69) is 21.0 Å². The molecule has 0 saturated heterocycles. The lowest BCUT2D eigenvalue weighted by molar-refractivity contribution is 0.0428. The molecule has 13 heavy (non-hydrogen) atoms. The van der Waals surface area contributed by atoms with Gasteiger partial charge in [-0.15, -0.1) is 0 Å². The lowest BCUT2D eigenvalue weighted by Crippen LogP contribution is -2.24. The van der Waals surface area contributed by atoms with E-state index in [1.807, 2.05) is 18.5 Å². The van der Waals surface area contributed by atoms with Crippen molar-refractivity contribution >= 4 is 15.9 Å². The normalized spacial score (nSPS) is 15.8. The van der Waals surface area contributed by atoms with Crippen molar-refractivity contribution in [2.75, 3.05) is 0 Å². The summed E-state index contributed by atoms with van der Waals surface area (Å²) in [6, 6.07) is 0. The Morgan fingerprint density at radius 2 is 2.23 bits per heavy atom. The van der Waals surface area contributed by atoms with Crippen molar-refractivity contribution in [1.82, 2.24) is 9.78 Å². The molecule has 0 aromatic carbocycles. The van der Waals surface area contributed by atoms with Crippen LogP contribution in [0.15, 0.2) is 10.7 Å². The molecule has 0 radical (unpaired) electrons. The highest BCUT2D eigenvalue weighted by Crippen LogP contribution is 2.30. The van der Waals surface area contributed by atoms with Crippen LogP contribution in [0.1, 0.15) is 32.9 Å². The highest BCUT2D eigenvalue weighted by molar-refractivity contribution is 9.10. The Kier molecular flexibility index (Phi) is 3.14. The van der Waals surface area contributed by atoms with Gasteiger partial charge in [0.05, 0.1) is 16.4 Å². The number of nitrogens with zero attached hydrogens (tertiary/aromatic N) is 2. The molecule has 1 aromatic heterocycles. The standard InChI is InChI=1S/C9H15BrN2O/c1-4-9(3,13)8-7(10)6-11-12(8)5-2/h6,13H,4-5H2,1-3H3. The lowest BCUT2D eigenvalue weighted by Gasteiger charge is -2.22. The summed E-state index contributed by atoms with van der Waals surface area (Å²) in [7, 11) is 0. The molecule has 0 saturated carbocycles. The van der Waals surface area contributed by atoms with Crippen LogP contribution in [0, 0.1) is 0 Å². The molecule has 0 aliphatic carbocycles. The summed E-state index contributed by atoms with van der Waals surface area (Å²) in [4.78, 5) is 0. The van der Waals surface area contributed by atoms with Crippen molar-refractivity contribution < 1.29 is 5.11 Å². The molecule has 1 N–H and O–H groups in total. The van der Waals surface area contributed by atoms with Gasteiger partial charge in [-0.1, -0.05) is 6.92 Å². The van der Waals surface area contributed by atoms with Crippen molar-refractivity contribution in [3.63, 3.8) is 0 Å². The monoisotopic (exact) mass is 246 g/mol. The van der Waals surface area contributed by atoms with Gasteiger partial charge >= 0.3 is 0 Å². The number of aromatic nitrogens is 2. The van der Waals surface area contributed by atoms with Crippen LogP contribution >= 0.6 is 15.9 Å². The molecule has 1 atom stereocenters. The lowest BCUT2D eigenvalue weighted by atomic mass is 9.99. The Labute approximate surface area is 86.9 Å². The van der Waals surface area contributed by atoms with E-state index in [0.717, 1.165) is 16.7 Å². The van der Waals surface area contributed by atoms with E-state index in [1.165, 1.54) is 0 Å². The molecule has 74 valence electrons. The Bertz CT molecular complexity index is 294. The van der Waals surface area contributed by atoms with E-state index in [0.29, 0.717) is 6.42 Å². The van der Waals surface area contributed by atoms with Crippen LogP contribution in [0.4, 0.5) is 0 Å². The minimum Gasteiger partial charge on any atom is -0.384 e. The van der Waals surface area contributed by atoms with Gasteiger partial charge in [0.2, 0.25) is 0 Å². The molecular formula is C9H15BrN2O. The van der Waals surface area contributed by atoms with Gasteiger partial charge in [-0.2, -0.15) is 5.10 Å². The van der Waals surface area contributed by atoms with Crippen LogP contribution in [-0.4, -0.2) is 14.9 Å². The van der Waals surface area contributed by atoms with Gasteiger partial charge in [0, 0.05) is 6.54 Å². The number of rotatable bonds is 3. The maximum atomic E-state index is 10.1. The minimum atomic E-state index is -0.800. The fourth-order valence-corrected chi connectivity index (χ4v) is 2.03. The van der Waals surface area contributed by atoms with Crippen LogP contribution in [0.25, 0.3) is 0 Å². The average Bonchev–Trinajstić information content (AvgIpc) is 2.47. The SMILES string of the molecule is CCn1ncc(Br)c1C(C)(O)CC. The molecule has 1 rings (SSSR count). The minimum absolute atomic E-state index is 0.678. The highest BCUT2D eigenvalue weighted by atomic mass is 79.9. The maximum Gasteiger partial charge on any atom is 0.104 e. The first-order valence-corrected chi connectivity index (χ1v) is 5.26. The molecule has 0 aliphatic rings. The third-order valence-corrected chi connectivity index (χ3v) is 2.87. The van der Waals surface area contributed by atoms with Crippen molar-refractivity contribution in [3.05, 3.63) is 16.4 Å². The highest BCUT2D eigenvalue weighted by Gasteiger charge is 2.27. The molecule has 1 aromatic rings. The summed E-state index contributed by atoms with van der Waals surface area (Å²) < 4.78 is 2.69. The number of hydrogen-bond acceptors (Lipinski definition) is 2. The summed E-state index contributed by atoms with van der Waals surface area (Å²) in [6.07, 6.45) is 2.40. The van der Waals surface area contributed by atoms with Crippen molar-refractivity contribution in [2.24, 2.45) is 0 Å². The zero-order valence-corrected chi connectivity index (χ0v) is 9.80. The van der Waals surface area contributed by atoms with E-state index in [-0.39, 0.29) is 0 Å². The predicted octanol–water partition coefficient (Wildman–Crippen LogP) is 2.28. The summed E-state index contributed by atoms with van der Waals surface area (Å²) in [6.45, 7) is 6.55. The Morgan fingerprint density at radius 1 is 1.62 bits per heavy atom. The molecule has 0 bridgehead atoms. The van der Waals surface area contributed by atoms with Crippen LogP contribution in [0.3, 0.4) is 0 Å². The number of hydrogen-bond donors (Lipinski definition) is 1. The van der Waals surface area contributed by atoms with Gasteiger partial charge in [-0.25, -0.2) is 0 Å². The van der Waals surface area contributed by atoms with Crippen molar-refractivity contribution in [2.45, 2.75) is 39.3 Å². The zero-order valence-electron chi connectivity index (χ0n) is 8.21. The first kappa shape index (κ1) is 10.7. The smallest absolute Gasteiger partial charge is 0.104 e. The molecule has 0 aliphatic heterocycles. The van der Waals surface area contributed by atoms with E-state index in [4.69, 9.17) is 0 Å². The van der Waals surface area contributed by atoms with Gasteiger partial charge in [0.15, 0.2) is 0 Å². The fourth-order valence-electron chi connectivity index (χ4n) is 1.31. The molecule has 0 spiro atoms. The number of halogens is 1. The fraction of sp³-hybridized carbons (Fsp3) is 0.667. The second kappa shape index (κ2) is 3.80. The van der Waals surface area contributed by atoms with Gasteiger partial charge < -0.3 is 5.11 Å². The Balaban J connectivity index is 3.18. The average molecular weight is 247 g/mol. The third kappa shape index (κ3) is 1.94. The van der Waals surface area contributed by atoms with E-state index in [1.54, 1.807) is 13.1 Å². The summed E-state index contributed by atoms with van der Waals surface area (Å²) in [5.41, 5.74) is 0.0585. The van der Waals surface area contributed by atoms with E-state index < -0.39 is 5.60 Å². The van der Waals surface area contributed by atoms with Gasteiger partial charge in [0.25, 0.3) is 0 Å². The number of aliphatic hydroxyl groups is 1. The second-order valence-corrected chi connectivity index (χ2v) is 4.14. The summed E-state index contributed by atoms with van der Waals surface area (Å²) in [5, 5.41) is 14.2. The molecule has 0 amide bonds. The molecule has 3 nitrogen and oxygen atoms in total. The van der Waals surface area contributed by atoms with Crippen LogP contribution < -0.4 is 0 Å². The molecular weight excluding hydrogens is 232 g/mol. The van der Waals surface area contributed by atoms with Crippen molar-refractivity contribution in [3.8, 4) is 0 Å². The number of aryl methyl sites for hydroxylation is 1. The van der Waals surface area contributed by atoms with E-state index in [9.17, 15) is 5.11 Å². The van der Waals surface area contributed by atoms with Gasteiger partial charge in [-0.3, -0.25) is 4.68 Å². The summed E-state index contributed by atoms with van der Waals surface area (Å²) >= 11 is 3.39. The quantitative estimate of drug-likeness (QED) is 0.889. The van der Waals surface area contributed by atoms with Crippen molar-refractivity contribution in [1.29, 1.82) is 0 Å². The van der Waals surface area contributed by atoms with Crippen LogP contribution in [-0.2, 0) is 12.1 Å². The first-order chi connectivity index (χ1) is 6.03. The molecule has 1 unspecified atom stereocenters. The summed E-state index contributed by atoms with van der Waals surface area (Å²) in [5.74, 6) is 0. The first-order valence-electron chi connectivity index (χ1n) is 4.47. The van der Waals surface area contributed by atoms with Gasteiger partial charge in [-0.05, 0) is 36.2 Å². The van der Waals surface area contributed by atoms with Crippen LogP contribution in [0.5, 0.6) is 0 Å². The third-order valence-electron chi connectivity index (χ3n) is 2.29. The second-order valence-electron chi connectivity index (χ2n) is 3.28. The van der Waals surface area contributed by atoms with Crippen LogP contribution in [0.2, 0.25) is 0 Å². The predicted molar refractivity (Wildman–Crippen MR) is 55.5 cm³/mol. The topological polar surface area (TPSA) is 38.0 Å². The van der Waals surface area contributed by atoms with Gasteiger partial charge in [0.1, 0.15) is 5.60 Å². The maximum absolute atomic E-state index is 10.1. The molecule has 0 fully saturated rings. The zero-order chi connectivity index (χ0) is 10.1.